The van der Waals surface area contributed by atoms with E-state index in [2.05, 4.69) is 10.0 Å². The first-order chi connectivity index (χ1) is 13.2. The molecule has 6 nitrogen and oxygen atoms in total. The van der Waals surface area contributed by atoms with E-state index in [9.17, 15) is 13.2 Å². The highest BCUT2D eigenvalue weighted by Crippen LogP contribution is 2.21. The number of hydrogen-bond acceptors (Lipinski definition) is 4. The number of carbonyl (C=O) groups is 1. The van der Waals surface area contributed by atoms with E-state index in [1.165, 1.54) is 0 Å². The summed E-state index contributed by atoms with van der Waals surface area (Å²) < 4.78 is 33.3. The molecule has 0 spiro atoms. The Bertz CT molecular complexity index is 907. The van der Waals surface area contributed by atoms with Gasteiger partial charge in [0.25, 0.3) is 15.9 Å². The molecule has 7 heteroatoms. The Labute approximate surface area is 167 Å². The largest absolute Gasteiger partial charge is 0.379 e. The summed E-state index contributed by atoms with van der Waals surface area (Å²) in [6, 6.07) is 11.7. The number of benzene rings is 2. The fourth-order valence-corrected chi connectivity index (χ4v) is 3.98. The molecule has 0 fully saturated rings. The van der Waals surface area contributed by atoms with Gasteiger partial charge in [0.2, 0.25) is 0 Å². The maximum Gasteiger partial charge on any atom is 0.262 e. The quantitative estimate of drug-likeness (QED) is 0.625. The molecule has 0 aliphatic heterocycles. The van der Waals surface area contributed by atoms with Crippen molar-refractivity contribution in [2.24, 2.45) is 0 Å². The highest BCUT2D eigenvalue weighted by Gasteiger charge is 2.17. The van der Waals surface area contributed by atoms with E-state index < -0.39 is 10.0 Å². The predicted molar refractivity (Wildman–Crippen MR) is 111 cm³/mol. The minimum atomic E-state index is -3.69. The SMILES string of the molecule is Cc1ccc(C)c(S(=O)(=O)Nc2ccc(C(=O)NCCCOC(C)C)cc2)c1. The van der Waals surface area contributed by atoms with Gasteiger partial charge in [-0.3, -0.25) is 9.52 Å². The zero-order chi connectivity index (χ0) is 20.7. The number of anilines is 1. The zero-order valence-electron chi connectivity index (χ0n) is 16.8. The zero-order valence-corrected chi connectivity index (χ0v) is 17.6. The molecule has 0 aromatic heterocycles. The van der Waals surface area contributed by atoms with Crippen LogP contribution in [0.3, 0.4) is 0 Å². The van der Waals surface area contributed by atoms with Crippen LogP contribution >= 0.6 is 0 Å². The number of carbonyl (C=O) groups excluding carboxylic acids is 1. The minimum Gasteiger partial charge on any atom is -0.379 e. The van der Waals surface area contributed by atoms with Crippen LogP contribution < -0.4 is 10.0 Å². The lowest BCUT2D eigenvalue weighted by Gasteiger charge is -2.12. The number of amides is 1. The van der Waals surface area contributed by atoms with Gasteiger partial charge in [-0.2, -0.15) is 0 Å². The summed E-state index contributed by atoms with van der Waals surface area (Å²) in [5.41, 5.74) is 2.43. The Morgan fingerprint density at radius 1 is 1.07 bits per heavy atom. The Morgan fingerprint density at radius 2 is 1.75 bits per heavy atom. The van der Waals surface area contributed by atoms with Gasteiger partial charge in [-0.25, -0.2) is 8.42 Å². The lowest BCUT2D eigenvalue weighted by Crippen LogP contribution is -2.25. The molecule has 0 aliphatic carbocycles. The van der Waals surface area contributed by atoms with E-state index in [1.54, 1.807) is 43.3 Å². The summed E-state index contributed by atoms with van der Waals surface area (Å²) in [5.74, 6) is -0.200. The first-order valence-electron chi connectivity index (χ1n) is 9.29. The van der Waals surface area contributed by atoms with Crippen molar-refractivity contribution < 1.29 is 17.9 Å². The van der Waals surface area contributed by atoms with E-state index in [4.69, 9.17) is 4.74 Å². The van der Waals surface area contributed by atoms with Crippen molar-refractivity contribution in [2.75, 3.05) is 17.9 Å². The van der Waals surface area contributed by atoms with Crippen molar-refractivity contribution in [3.8, 4) is 0 Å². The third-order valence-electron chi connectivity index (χ3n) is 4.09. The van der Waals surface area contributed by atoms with Crippen molar-refractivity contribution in [2.45, 2.75) is 45.1 Å². The second kappa shape index (κ2) is 9.71. The van der Waals surface area contributed by atoms with Crippen molar-refractivity contribution in [1.29, 1.82) is 0 Å². The topological polar surface area (TPSA) is 84.5 Å². The molecule has 1 amide bonds. The third-order valence-corrected chi connectivity index (χ3v) is 5.61. The molecule has 0 atom stereocenters. The summed E-state index contributed by atoms with van der Waals surface area (Å²) in [5, 5.41) is 2.82. The van der Waals surface area contributed by atoms with E-state index in [0.29, 0.717) is 30.0 Å². The maximum absolute atomic E-state index is 12.6. The number of hydrogen-bond donors (Lipinski definition) is 2. The number of ether oxygens (including phenoxy) is 1. The number of aryl methyl sites for hydroxylation is 2. The number of nitrogens with one attached hydrogen (secondary N) is 2. The lowest BCUT2D eigenvalue weighted by molar-refractivity contribution is 0.0757. The van der Waals surface area contributed by atoms with Crippen LogP contribution in [0.2, 0.25) is 0 Å². The maximum atomic E-state index is 12.6. The second-order valence-electron chi connectivity index (χ2n) is 6.98. The van der Waals surface area contributed by atoms with Gasteiger partial charge in [0, 0.05) is 24.4 Å². The molecule has 0 saturated carbocycles. The van der Waals surface area contributed by atoms with Gasteiger partial charge in [0.1, 0.15) is 0 Å². The van der Waals surface area contributed by atoms with Crippen LogP contribution in [0.25, 0.3) is 0 Å². The fourth-order valence-electron chi connectivity index (χ4n) is 2.59. The molecule has 0 heterocycles. The van der Waals surface area contributed by atoms with Gasteiger partial charge in [0.05, 0.1) is 11.0 Å². The van der Waals surface area contributed by atoms with Crippen LogP contribution in [0, 0.1) is 13.8 Å². The molecule has 0 saturated heterocycles. The van der Waals surface area contributed by atoms with E-state index in [-0.39, 0.29) is 16.9 Å². The van der Waals surface area contributed by atoms with E-state index >= 15 is 0 Å². The smallest absolute Gasteiger partial charge is 0.262 e. The van der Waals surface area contributed by atoms with Crippen LogP contribution in [-0.2, 0) is 14.8 Å². The summed E-state index contributed by atoms with van der Waals surface area (Å²) in [6.45, 7) is 8.65. The van der Waals surface area contributed by atoms with Crippen molar-refractivity contribution in [3.63, 3.8) is 0 Å². The highest BCUT2D eigenvalue weighted by molar-refractivity contribution is 7.92. The lowest BCUT2D eigenvalue weighted by atomic mass is 10.2. The monoisotopic (exact) mass is 404 g/mol. The molecular formula is C21H28N2O4S. The molecule has 2 aromatic carbocycles. The van der Waals surface area contributed by atoms with Crippen molar-refractivity contribution in [3.05, 3.63) is 59.2 Å². The Balaban J connectivity index is 1.96. The molecule has 0 aliphatic rings. The van der Waals surface area contributed by atoms with Gasteiger partial charge in [0.15, 0.2) is 0 Å². The number of sulfonamides is 1. The van der Waals surface area contributed by atoms with Crippen LogP contribution in [-0.4, -0.2) is 33.6 Å². The average molecular weight is 405 g/mol. The molecule has 152 valence electrons. The van der Waals surface area contributed by atoms with Crippen LogP contribution in [0.15, 0.2) is 47.4 Å². The molecule has 0 unspecified atom stereocenters. The summed E-state index contributed by atoms with van der Waals surface area (Å²) in [7, 11) is -3.69. The van der Waals surface area contributed by atoms with Crippen molar-refractivity contribution in [1.82, 2.24) is 5.32 Å². The molecule has 0 bridgehead atoms. The fraction of sp³-hybridized carbons (Fsp3) is 0.381. The van der Waals surface area contributed by atoms with Gasteiger partial charge in [-0.1, -0.05) is 12.1 Å². The van der Waals surface area contributed by atoms with Crippen LogP contribution in [0.5, 0.6) is 0 Å². The Morgan fingerprint density at radius 3 is 2.39 bits per heavy atom. The number of rotatable bonds is 9. The normalized spacial score (nSPS) is 11.5. The summed E-state index contributed by atoms with van der Waals surface area (Å²) in [4.78, 5) is 12.4. The van der Waals surface area contributed by atoms with Crippen LogP contribution in [0.1, 0.15) is 41.8 Å². The molecule has 2 rings (SSSR count). The molecule has 0 radical (unpaired) electrons. The third kappa shape index (κ3) is 6.35. The minimum absolute atomic E-state index is 0.176. The second-order valence-corrected chi connectivity index (χ2v) is 8.63. The van der Waals surface area contributed by atoms with Gasteiger partial charge in [-0.05, 0) is 75.6 Å². The molecule has 2 N–H and O–H groups in total. The predicted octanol–water partition coefficient (Wildman–Crippen LogP) is 3.65. The van der Waals surface area contributed by atoms with E-state index in [0.717, 1.165) is 12.0 Å². The Hall–Kier alpha value is -2.38. The first kappa shape index (κ1) is 21.9. The average Bonchev–Trinajstić information content (AvgIpc) is 2.63. The summed E-state index contributed by atoms with van der Waals surface area (Å²) in [6.07, 6.45) is 0.910. The van der Waals surface area contributed by atoms with Gasteiger partial charge >= 0.3 is 0 Å². The van der Waals surface area contributed by atoms with Crippen LogP contribution in [0.4, 0.5) is 5.69 Å². The first-order valence-corrected chi connectivity index (χ1v) is 10.8. The Kier molecular flexibility index (Phi) is 7.60. The van der Waals surface area contributed by atoms with Gasteiger partial charge in [-0.15, -0.1) is 0 Å². The summed E-state index contributed by atoms with van der Waals surface area (Å²) >= 11 is 0. The molecule has 2 aromatic rings. The molecular weight excluding hydrogens is 376 g/mol. The molecule has 28 heavy (non-hydrogen) atoms. The standard InChI is InChI=1S/C21H28N2O4S/c1-15(2)27-13-5-12-22-21(24)18-8-10-19(11-9-18)23-28(25,26)20-14-16(3)6-7-17(20)4/h6-11,14-15,23H,5,12-13H2,1-4H3,(H,22,24). The van der Waals surface area contributed by atoms with E-state index in [1.807, 2.05) is 26.8 Å². The van der Waals surface area contributed by atoms with Crippen molar-refractivity contribution >= 4 is 21.6 Å². The van der Waals surface area contributed by atoms with Gasteiger partial charge < -0.3 is 10.1 Å². The highest BCUT2D eigenvalue weighted by atomic mass is 32.2.